The van der Waals surface area contributed by atoms with Crippen molar-refractivity contribution in [2.75, 3.05) is 0 Å². The third kappa shape index (κ3) is 3.80. The summed E-state index contributed by atoms with van der Waals surface area (Å²) in [5.74, 6) is -1.13. The summed E-state index contributed by atoms with van der Waals surface area (Å²) >= 11 is 3.41. The quantitative estimate of drug-likeness (QED) is 0.893. The highest BCUT2D eigenvalue weighted by molar-refractivity contribution is 9.10. The van der Waals surface area contributed by atoms with Crippen LogP contribution >= 0.6 is 15.9 Å². The molecule has 19 heavy (non-hydrogen) atoms. The Balaban J connectivity index is 1.86. The highest BCUT2D eigenvalue weighted by Crippen LogP contribution is 2.25. The van der Waals surface area contributed by atoms with Gasteiger partial charge in [-0.3, -0.25) is 9.59 Å². The Morgan fingerprint density at radius 2 is 2.05 bits per heavy atom. The lowest BCUT2D eigenvalue weighted by atomic mass is 10.1. The van der Waals surface area contributed by atoms with Gasteiger partial charge >= 0.3 is 5.97 Å². The van der Waals surface area contributed by atoms with Crippen molar-refractivity contribution in [2.24, 2.45) is 5.92 Å². The predicted molar refractivity (Wildman–Crippen MR) is 74.8 cm³/mol. The number of amides is 1. The summed E-state index contributed by atoms with van der Waals surface area (Å²) in [6, 6.07) is 7.59. The van der Waals surface area contributed by atoms with Crippen LogP contribution in [0.3, 0.4) is 0 Å². The number of nitrogens with one attached hydrogen (secondary N) is 1. The van der Waals surface area contributed by atoms with E-state index in [1.54, 1.807) is 0 Å². The molecule has 0 spiro atoms. The molecule has 0 unspecified atom stereocenters. The van der Waals surface area contributed by atoms with Gasteiger partial charge in [0.1, 0.15) is 0 Å². The molecule has 2 N–H and O–H groups in total. The van der Waals surface area contributed by atoms with Gasteiger partial charge < -0.3 is 10.4 Å². The van der Waals surface area contributed by atoms with Gasteiger partial charge in [-0.15, -0.1) is 0 Å². The lowest BCUT2D eigenvalue weighted by molar-refractivity contribution is -0.141. The molecule has 1 amide bonds. The lowest BCUT2D eigenvalue weighted by Gasteiger charge is -2.13. The van der Waals surface area contributed by atoms with Gasteiger partial charge in [0.15, 0.2) is 0 Å². The third-order valence-electron chi connectivity index (χ3n) is 3.46. The molecule has 0 radical (unpaired) electrons. The first-order chi connectivity index (χ1) is 9.06. The van der Waals surface area contributed by atoms with E-state index < -0.39 is 5.97 Å². The Morgan fingerprint density at radius 3 is 2.68 bits per heavy atom. The van der Waals surface area contributed by atoms with Crippen molar-refractivity contribution in [2.45, 2.75) is 31.7 Å². The molecule has 0 aromatic heterocycles. The second kappa shape index (κ2) is 6.19. The van der Waals surface area contributed by atoms with E-state index in [9.17, 15) is 9.59 Å². The number of carboxylic acids is 1. The minimum Gasteiger partial charge on any atom is -0.481 e. The normalized spacial score (nSPS) is 22.2. The van der Waals surface area contributed by atoms with Crippen LogP contribution in [0, 0.1) is 5.92 Å². The van der Waals surface area contributed by atoms with Gasteiger partial charge in [0.05, 0.1) is 12.3 Å². The molecule has 102 valence electrons. The number of halogens is 1. The second-order valence-corrected chi connectivity index (χ2v) is 5.74. The van der Waals surface area contributed by atoms with Gasteiger partial charge in [-0.25, -0.2) is 0 Å². The van der Waals surface area contributed by atoms with E-state index in [2.05, 4.69) is 21.2 Å². The number of carbonyl (C=O) groups excluding carboxylic acids is 1. The zero-order valence-corrected chi connectivity index (χ0v) is 12.0. The largest absolute Gasteiger partial charge is 0.481 e. The molecular formula is C14H16BrNO3. The van der Waals surface area contributed by atoms with Gasteiger partial charge in [-0.05, 0) is 30.9 Å². The van der Waals surface area contributed by atoms with Crippen molar-refractivity contribution >= 4 is 27.8 Å². The number of benzene rings is 1. The zero-order valence-electron chi connectivity index (χ0n) is 10.4. The minimum atomic E-state index is -0.762. The third-order valence-corrected chi connectivity index (χ3v) is 4.23. The average Bonchev–Trinajstić information content (AvgIpc) is 2.80. The number of hydrogen-bond acceptors (Lipinski definition) is 2. The van der Waals surface area contributed by atoms with Crippen molar-refractivity contribution in [3.63, 3.8) is 0 Å². The molecule has 1 saturated carbocycles. The van der Waals surface area contributed by atoms with E-state index in [0.717, 1.165) is 16.5 Å². The number of hydrogen-bond donors (Lipinski definition) is 2. The molecule has 0 aliphatic heterocycles. The van der Waals surface area contributed by atoms with Gasteiger partial charge in [0.25, 0.3) is 0 Å². The van der Waals surface area contributed by atoms with Crippen molar-refractivity contribution in [3.05, 3.63) is 34.3 Å². The fraction of sp³-hybridized carbons (Fsp3) is 0.429. The zero-order chi connectivity index (χ0) is 13.8. The highest BCUT2D eigenvalue weighted by atomic mass is 79.9. The smallest absolute Gasteiger partial charge is 0.306 e. The van der Waals surface area contributed by atoms with Crippen LogP contribution in [0.2, 0.25) is 0 Å². The Hall–Kier alpha value is -1.36. The topological polar surface area (TPSA) is 66.4 Å². The van der Waals surface area contributed by atoms with Crippen molar-refractivity contribution in [1.82, 2.24) is 5.32 Å². The number of carboxylic acid groups (broad SMARTS) is 1. The molecule has 4 nitrogen and oxygen atoms in total. The van der Waals surface area contributed by atoms with Crippen LogP contribution in [-0.4, -0.2) is 23.0 Å². The van der Waals surface area contributed by atoms with Crippen LogP contribution in [0.5, 0.6) is 0 Å². The van der Waals surface area contributed by atoms with E-state index in [1.807, 2.05) is 24.3 Å². The summed E-state index contributed by atoms with van der Waals surface area (Å²) in [5.41, 5.74) is 0.938. The predicted octanol–water partition coefficient (Wildman–Crippen LogP) is 2.36. The fourth-order valence-electron chi connectivity index (χ4n) is 2.43. The molecule has 2 rings (SSSR count). The van der Waals surface area contributed by atoms with Crippen LogP contribution in [0.1, 0.15) is 24.8 Å². The second-order valence-electron chi connectivity index (χ2n) is 4.88. The summed E-state index contributed by atoms with van der Waals surface area (Å²) in [6.45, 7) is 0. The van der Waals surface area contributed by atoms with Crippen molar-refractivity contribution in [1.29, 1.82) is 0 Å². The Labute approximate surface area is 120 Å². The Kier molecular flexibility index (Phi) is 4.58. The van der Waals surface area contributed by atoms with Crippen LogP contribution in [0.4, 0.5) is 0 Å². The van der Waals surface area contributed by atoms with Crippen molar-refractivity contribution < 1.29 is 14.7 Å². The Morgan fingerprint density at radius 1 is 1.32 bits per heavy atom. The Bertz CT molecular complexity index is 489. The molecule has 1 aliphatic carbocycles. The summed E-state index contributed by atoms with van der Waals surface area (Å²) in [5, 5.41) is 11.8. The maximum atomic E-state index is 11.9. The molecular weight excluding hydrogens is 310 g/mol. The van der Waals surface area contributed by atoms with Crippen LogP contribution in [0.15, 0.2) is 28.7 Å². The number of rotatable bonds is 4. The van der Waals surface area contributed by atoms with Gasteiger partial charge in [-0.2, -0.15) is 0 Å². The summed E-state index contributed by atoms with van der Waals surface area (Å²) in [6.07, 6.45) is 2.25. The fourth-order valence-corrected chi connectivity index (χ4v) is 2.86. The SMILES string of the molecule is O=C(Cc1ccccc1Br)N[C@@H]1CC[C@@H](C(=O)O)C1. The molecule has 1 aromatic carbocycles. The van der Waals surface area contributed by atoms with Crippen molar-refractivity contribution in [3.8, 4) is 0 Å². The molecule has 0 bridgehead atoms. The van der Waals surface area contributed by atoms with Crippen LogP contribution in [0.25, 0.3) is 0 Å². The monoisotopic (exact) mass is 325 g/mol. The molecule has 1 aliphatic rings. The van der Waals surface area contributed by atoms with E-state index in [-0.39, 0.29) is 17.9 Å². The molecule has 0 saturated heterocycles. The van der Waals surface area contributed by atoms with E-state index >= 15 is 0 Å². The maximum absolute atomic E-state index is 11.9. The van der Waals surface area contributed by atoms with Crippen LogP contribution in [-0.2, 0) is 16.0 Å². The van der Waals surface area contributed by atoms with Gasteiger partial charge in [0, 0.05) is 10.5 Å². The first-order valence-electron chi connectivity index (χ1n) is 6.32. The van der Waals surface area contributed by atoms with Crippen LogP contribution < -0.4 is 5.32 Å². The first kappa shape index (κ1) is 14.1. The molecule has 1 aromatic rings. The highest BCUT2D eigenvalue weighted by Gasteiger charge is 2.30. The molecule has 5 heteroatoms. The molecule has 1 fully saturated rings. The number of aliphatic carboxylic acids is 1. The number of carbonyl (C=O) groups is 2. The summed E-state index contributed by atoms with van der Waals surface area (Å²) in [4.78, 5) is 22.8. The minimum absolute atomic E-state index is 0.00362. The summed E-state index contributed by atoms with van der Waals surface area (Å²) in [7, 11) is 0. The lowest BCUT2D eigenvalue weighted by Crippen LogP contribution is -2.34. The first-order valence-corrected chi connectivity index (χ1v) is 7.11. The van der Waals surface area contributed by atoms with E-state index in [1.165, 1.54) is 0 Å². The maximum Gasteiger partial charge on any atom is 0.306 e. The van der Waals surface area contributed by atoms with Gasteiger partial charge in [-0.1, -0.05) is 34.1 Å². The molecule has 0 heterocycles. The molecule has 2 atom stereocenters. The average molecular weight is 326 g/mol. The van der Waals surface area contributed by atoms with E-state index in [4.69, 9.17) is 5.11 Å². The van der Waals surface area contributed by atoms with E-state index in [0.29, 0.717) is 19.3 Å². The van der Waals surface area contributed by atoms with Gasteiger partial charge in [0.2, 0.25) is 5.91 Å². The standard InChI is InChI=1S/C14H16BrNO3/c15-12-4-2-1-3-9(12)8-13(17)16-11-6-5-10(7-11)14(18)19/h1-4,10-11H,5-8H2,(H,16,17)(H,18,19)/t10-,11-/m1/s1. The summed E-state index contributed by atoms with van der Waals surface area (Å²) < 4.78 is 0.917.